The minimum absolute atomic E-state index is 0.337. The van der Waals surface area contributed by atoms with Crippen molar-refractivity contribution in [2.45, 2.75) is 18.2 Å². The summed E-state index contributed by atoms with van der Waals surface area (Å²) in [5, 5.41) is 2.17. The normalized spacial score (nSPS) is 12.7. The number of nitrogens with zero attached hydrogens (tertiary/aromatic N) is 1. The van der Waals surface area contributed by atoms with E-state index in [0.29, 0.717) is 4.83 Å². The molecule has 1 unspecified atom stereocenters. The predicted molar refractivity (Wildman–Crippen MR) is 76.4 cm³/mol. The number of hydrogen-bond donors (Lipinski definition) is 0. The van der Waals surface area contributed by atoms with Crippen molar-refractivity contribution in [2.24, 2.45) is 0 Å². The first kappa shape index (κ1) is 12.3. The van der Waals surface area contributed by atoms with Gasteiger partial charge in [0.15, 0.2) is 0 Å². The number of alkyl halides is 1. The lowest BCUT2D eigenvalue weighted by Gasteiger charge is -2.09. The summed E-state index contributed by atoms with van der Waals surface area (Å²) < 4.78 is 1.17. The van der Waals surface area contributed by atoms with Crippen LogP contribution in [0.4, 0.5) is 0 Å². The highest BCUT2D eigenvalue weighted by Gasteiger charge is 2.12. The lowest BCUT2D eigenvalue weighted by molar-refractivity contribution is 0.895. The summed E-state index contributed by atoms with van der Waals surface area (Å²) in [5.74, 6) is 0. The lowest BCUT2D eigenvalue weighted by Crippen LogP contribution is -1.98. The SMILES string of the molecule is Cc1cccnc1CC(Br)c1csc(Br)c1. The second-order valence-electron chi connectivity index (χ2n) is 3.62. The quantitative estimate of drug-likeness (QED) is 0.710. The first-order chi connectivity index (χ1) is 7.66. The van der Waals surface area contributed by atoms with Gasteiger partial charge in [0, 0.05) is 23.1 Å². The van der Waals surface area contributed by atoms with Crippen molar-refractivity contribution >= 4 is 43.2 Å². The van der Waals surface area contributed by atoms with E-state index in [4.69, 9.17) is 0 Å². The molecular formula is C12H11Br2NS. The summed E-state index contributed by atoms with van der Waals surface area (Å²) >= 11 is 8.91. The third-order valence-electron chi connectivity index (χ3n) is 2.44. The van der Waals surface area contributed by atoms with Crippen molar-refractivity contribution in [3.63, 3.8) is 0 Å². The molecule has 1 atom stereocenters. The average molecular weight is 361 g/mol. The van der Waals surface area contributed by atoms with E-state index in [1.54, 1.807) is 11.3 Å². The average Bonchev–Trinajstić information content (AvgIpc) is 2.68. The van der Waals surface area contributed by atoms with Gasteiger partial charge in [0.25, 0.3) is 0 Å². The summed E-state index contributed by atoms with van der Waals surface area (Å²) in [6.07, 6.45) is 2.78. The fourth-order valence-electron chi connectivity index (χ4n) is 1.51. The van der Waals surface area contributed by atoms with Crippen molar-refractivity contribution in [3.05, 3.63) is 50.4 Å². The van der Waals surface area contributed by atoms with Gasteiger partial charge in [0.1, 0.15) is 0 Å². The van der Waals surface area contributed by atoms with E-state index >= 15 is 0 Å². The molecule has 0 N–H and O–H groups in total. The predicted octanol–water partition coefficient (Wildman–Crippen LogP) is 4.89. The van der Waals surface area contributed by atoms with E-state index in [1.807, 2.05) is 12.3 Å². The molecule has 0 aliphatic carbocycles. The van der Waals surface area contributed by atoms with Crippen LogP contribution < -0.4 is 0 Å². The van der Waals surface area contributed by atoms with Gasteiger partial charge >= 0.3 is 0 Å². The number of aromatic nitrogens is 1. The van der Waals surface area contributed by atoms with Gasteiger partial charge < -0.3 is 0 Å². The van der Waals surface area contributed by atoms with E-state index in [-0.39, 0.29) is 0 Å². The van der Waals surface area contributed by atoms with Crippen LogP contribution in [0, 0.1) is 6.92 Å². The van der Waals surface area contributed by atoms with Crippen LogP contribution in [0.2, 0.25) is 0 Å². The molecule has 0 aliphatic heterocycles. The smallest absolute Gasteiger partial charge is 0.0701 e. The summed E-state index contributed by atoms with van der Waals surface area (Å²) in [4.78, 5) is 4.75. The topological polar surface area (TPSA) is 12.9 Å². The second kappa shape index (κ2) is 5.43. The van der Waals surface area contributed by atoms with Crippen LogP contribution in [0.5, 0.6) is 0 Å². The Morgan fingerprint density at radius 1 is 1.50 bits per heavy atom. The highest BCUT2D eigenvalue weighted by molar-refractivity contribution is 9.11. The Hall–Kier alpha value is -0.190. The molecule has 0 fully saturated rings. The summed E-state index contributed by atoms with van der Waals surface area (Å²) in [6.45, 7) is 2.10. The van der Waals surface area contributed by atoms with E-state index in [1.165, 1.54) is 14.9 Å². The molecule has 2 aromatic rings. The summed E-state index contributed by atoms with van der Waals surface area (Å²) in [7, 11) is 0. The van der Waals surface area contributed by atoms with Gasteiger partial charge in [-0.3, -0.25) is 4.98 Å². The molecule has 0 aromatic carbocycles. The third kappa shape index (κ3) is 2.93. The lowest BCUT2D eigenvalue weighted by atomic mass is 10.1. The van der Waals surface area contributed by atoms with E-state index in [2.05, 4.69) is 61.3 Å². The van der Waals surface area contributed by atoms with Crippen LogP contribution in [-0.4, -0.2) is 4.98 Å². The molecule has 2 aromatic heterocycles. The van der Waals surface area contributed by atoms with Gasteiger partial charge in [-0.15, -0.1) is 11.3 Å². The number of rotatable bonds is 3. The molecule has 16 heavy (non-hydrogen) atoms. The zero-order valence-electron chi connectivity index (χ0n) is 8.78. The van der Waals surface area contributed by atoms with Crippen molar-refractivity contribution in [1.29, 1.82) is 0 Å². The van der Waals surface area contributed by atoms with Gasteiger partial charge in [0.05, 0.1) is 3.79 Å². The fraction of sp³-hybridized carbons (Fsp3) is 0.250. The molecule has 0 bridgehead atoms. The number of thiophene rings is 1. The van der Waals surface area contributed by atoms with Gasteiger partial charge in [-0.2, -0.15) is 0 Å². The molecule has 0 radical (unpaired) electrons. The highest BCUT2D eigenvalue weighted by Crippen LogP contribution is 2.32. The van der Waals surface area contributed by atoms with Crippen LogP contribution in [0.3, 0.4) is 0 Å². The van der Waals surface area contributed by atoms with Gasteiger partial charge in [-0.1, -0.05) is 22.0 Å². The van der Waals surface area contributed by atoms with Gasteiger partial charge in [0.2, 0.25) is 0 Å². The van der Waals surface area contributed by atoms with E-state index < -0.39 is 0 Å². The number of halogens is 2. The highest BCUT2D eigenvalue weighted by atomic mass is 79.9. The van der Waals surface area contributed by atoms with Crippen LogP contribution in [0.15, 0.2) is 33.6 Å². The molecule has 4 heteroatoms. The first-order valence-corrected chi connectivity index (χ1v) is 7.54. The zero-order chi connectivity index (χ0) is 11.5. The molecule has 0 saturated heterocycles. The summed E-state index contributed by atoms with van der Waals surface area (Å²) in [5.41, 5.74) is 3.72. The third-order valence-corrected chi connectivity index (χ3v) is 4.81. The molecule has 0 aliphatic rings. The van der Waals surface area contributed by atoms with Crippen LogP contribution in [0.1, 0.15) is 21.6 Å². The zero-order valence-corrected chi connectivity index (χ0v) is 12.8. The van der Waals surface area contributed by atoms with Gasteiger partial charge in [-0.05, 0) is 51.5 Å². The maximum atomic E-state index is 4.41. The maximum absolute atomic E-state index is 4.41. The molecular weight excluding hydrogens is 350 g/mol. The minimum Gasteiger partial charge on any atom is -0.261 e. The fourth-order valence-corrected chi connectivity index (χ4v) is 3.48. The molecule has 84 valence electrons. The van der Waals surface area contributed by atoms with Gasteiger partial charge in [-0.25, -0.2) is 0 Å². The Morgan fingerprint density at radius 3 is 2.94 bits per heavy atom. The number of pyridine rings is 1. The van der Waals surface area contributed by atoms with Crippen LogP contribution in [0.25, 0.3) is 0 Å². The van der Waals surface area contributed by atoms with Crippen molar-refractivity contribution in [2.75, 3.05) is 0 Å². The monoisotopic (exact) mass is 359 g/mol. The molecule has 0 spiro atoms. The molecule has 2 heterocycles. The molecule has 0 amide bonds. The maximum Gasteiger partial charge on any atom is 0.0701 e. The minimum atomic E-state index is 0.337. The Labute approximate surface area is 116 Å². The molecule has 1 nitrogen and oxygen atoms in total. The Balaban J connectivity index is 2.13. The Bertz CT molecular complexity index is 481. The van der Waals surface area contributed by atoms with E-state index in [9.17, 15) is 0 Å². The largest absolute Gasteiger partial charge is 0.261 e. The van der Waals surface area contributed by atoms with Crippen LogP contribution >= 0.6 is 43.2 Å². The number of aryl methyl sites for hydroxylation is 1. The van der Waals surface area contributed by atoms with Crippen molar-refractivity contribution in [3.8, 4) is 0 Å². The van der Waals surface area contributed by atoms with Crippen molar-refractivity contribution in [1.82, 2.24) is 4.98 Å². The number of hydrogen-bond acceptors (Lipinski definition) is 2. The Kier molecular flexibility index (Phi) is 4.16. The summed E-state index contributed by atoms with van der Waals surface area (Å²) in [6, 6.07) is 6.23. The van der Waals surface area contributed by atoms with Crippen LogP contribution in [-0.2, 0) is 6.42 Å². The second-order valence-corrected chi connectivity index (χ2v) is 7.02. The van der Waals surface area contributed by atoms with Crippen molar-refractivity contribution < 1.29 is 0 Å². The van der Waals surface area contributed by atoms with E-state index in [0.717, 1.165) is 12.1 Å². The first-order valence-electron chi connectivity index (χ1n) is 4.95. The standard InChI is InChI=1S/C12H11Br2NS/c1-8-3-2-4-15-11(8)6-10(13)9-5-12(14)16-7-9/h2-5,7,10H,6H2,1H3. The Morgan fingerprint density at radius 2 is 2.31 bits per heavy atom. The molecule has 2 rings (SSSR count). The molecule has 0 saturated carbocycles.